The molecule has 1 amide bonds. The quantitative estimate of drug-likeness (QED) is 0.354. The highest BCUT2D eigenvalue weighted by Crippen LogP contribution is 2.50. The molecule has 1 saturated heterocycles. The van der Waals surface area contributed by atoms with Crippen molar-refractivity contribution in [2.75, 3.05) is 10.2 Å². The number of halogens is 3. The monoisotopic (exact) mass is 561 g/mol. The molecule has 2 aliphatic rings. The van der Waals surface area contributed by atoms with Crippen LogP contribution in [0.4, 0.5) is 11.4 Å². The van der Waals surface area contributed by atoms with E-state index in [-0.39, 0.29) is 5.91 Å². The average molecular weight is 563 g/mol. The number of hydrogen-bond donors (Lipinski definition) is 2. The molecule has 0 radical (unpaired) electrons. The van der Waals surface area contributed by atoms with Crippen LogP contribution in [0.25, 0.3) is 0 Å². The average Bonchev–Trinajstić information content (AvgIpc) is 2.75. The highest BCUT2D eigenvalue weighted by molar-refractivity contribution is 9.10. The number of carbonyl (C=O) groups is 1. The first kappa shape index (κ1) is 22.5. The lowest BCUT2D eigenvalue weighted by Crippen LogP contribution is -2.72. The zero-order chi connectivity index (χ0) is 23.3. The first-order chi connectivity index (χ1) is 15.8. The number of fused-ring (bicyclic) bond motifs is 4. The smallest absolute Gasteiger partial charge is 0.236 e. The second-order valence-corrected chi connectivity index (χ2v) is 10.2. The zero-order valence-corrected chi connectivity index (χ0v) is 21.2. The van der Waals surface area contributed by atoms with Gasteiger partial charge in [0.25, 0.3) is 0 Å². The molecule has 9 heteroatoms. The lowest BCUT2D eigenvalue weighted by Gasteiger charge is -2.56. The summed E-state index contributed by atoms with van der Waals surface area (Å²) < 4.78 is 7.45. The van der Waals surface area contributed by atoms with Crippen molar-refractivity contribution in [2.45, 2.75) is 18.7 Å². The molecule has 3 aromatic rings. The lowest BCUT2D eigenvalue weighted by molar-refractivity contribution is -0.130. The Bertz CT molecular complexity index is 1270. The molecule has 3 atom stereocenters. The maximum absolute atomic E-state index is 13.7. The van der Waals surface area contributed by atoms with Gasteiger partial charge in [-0.1, -0.05) is 45.2 Å². The van der Waals surface area contributed by atoms with E-state index in [0.29, 0.717) is 26.6 Å². The third kappa shape index (κ3) is 3.97. The van der Waals surface area contributed by atoms with Gasteiger partial charge in [0.1, 0.15) is 11.7 Å². The van der Waals surface area contributed by atoms with Gasteiger partial charge in [-0.05, 0) is 79.8 Å². The minimum atomic E-state index is -1.12. The maximum Gasteiger partial charge on any atom is 0.236 e. The summed E-state index contributed by atoms with van der Waals surface area (Å²) in [6.07, 6.45) is 0. The van der Waals surface area contributed by atoms with E-state index in [1.54, 1.807) is 36.4 Å². The first-order valence-electron chi connectivity index (χ1n) is 10.2. The fourth-order valence-corrected chi connectivity index (χ4v) is 5.61. The standard InChI is InChI=1S/C24H18BrCl2N3O2S/c1-24-20(22(31)28-16-8-6-14(26)7-9-16)21(18-11-13(25)5-10-19(18)32-24)29-23(33)30(24)17-4-2-3-15(27)12-17/h2-12,20-21H,1H3,(H,28,31)(H,29,33)/t20-,21-,24-/m1/s1. The zero-order valence-electron chi connectivity index (χ0n) is 17.3. The van der Waals surface area contributed by atoms with Crippen molar-refractivity contribution in [1.82, 2.24) is 5.32 Å². The maximum atomic E-state index is 13.7. The Morgan fingerprint density at radius 2 is 1.88 bits per heavy atom. The fourth-order valence-electron chi connectivity index (χ4n) is 4.51. The largest absolute Gasteiger partial charge is 0.467 e. The van der Waals surface area contributed by atoms with Crippen LogP contribution in [0, 0.1) is 5.92 Å². The summed E-state index contributed by atoms with van der Waals surface area (Å²) in [4.78, 5) is 15.6. The van der Waals surface area contributed by atoms with Crippen LogP contribution in [-0.2, 0) is 4.79 Å². The summed E-state index contributed by atoms with van der Waals surface area (Å²) >= 11 is 21.6. The van der Waals surface area contributed by atoms with E-state index in [0.717, 1.165) is 15.7 Å². The van der Waals surface area contributed by atoms with Gasteiger partial charge in [-0.3, -0.25) is 9.69 Å². The van der Waals surface area contributed by atoms with E-state index in [2.05, 4.69) is 26.6 Å². The van der Waals surface area contributed by atoms with Crippen molar-refractivity contribution in [1.29, 1.82) is 0 Å². The normalized spacial score (nSPS) is 23.3. The van der Waals surface area contributed by atoms with E-state index in [1.807, 2.05) is 42.2 Å². The molecule has 0 unspecified atom stereocenters. The van der Waals surface area contributed by atoms with Crippen LogP contribution in [0.15, 0.2) is 71.2 Å². The number of nitrogens with one attached hydrogen (secondary N) is 2. The second kappa shape index (κ2) is 8.47. The number of carbonyl (C=O) groups excluding carboxylic acids is 1. The molecule has 2 aliphatic heterocycles. The van der Waals surface area contributed by atoms with Gasteiger partial charge in [0, 0.05) is 31.5 Å². The van der Waals surface area contributed by atoms with E-state index in [9.17, 15) is 4.79 Å². The van der Waals surface area contributed by atoms with Crippen molar-refractivity contribution in [3.05, 3.63) is 86.8 Å². The summed E-state index contributed by atoms with van der Waals surface area (Å²) in [7, 11) is 0. The van der Waals surface area contributed by atoms with Crippen LogP contribution in [-0.4, -0.2) is 16.7 Å². The molecule has 0 spiro atoms. The molecule has 168 valence electrons. The molecule has 0 saturated carbocycles. The van der Waals surface area contributed by atoms with Crippen LogP contribution >= 0.6 is 51.3 Å². The molecule has 5 nitrogen and oxygen atoms in total. The molecule has 3 aromatic carbocycles. The second-order valence-electron chi connectivity index (χ2n) is 8.06. The predicted octanol–water partition coefficient (Wildman–Crippen LogP) is 6.56. The molecule has 2 heterocycles. The number of thiocarbonyl (C=S) groups is 1. The summed E-state index contributed by atoms with van der Waals surface area (Å²) in [6.45, 7) is 1.88. The van der Waals surface area contributed by atoms with Gasteiger partial charge >= 0.3 is 0 Å². The van der Waals surface area contributed by atoms with E-state index >= 15 is 0 Å². The van der Waals surface area contributed by atoms with Crippen LogP contribution in [0.1, 0.15) is 18.5 Å². The molecule has 33 heavy (non-hydrogen) atoms. The number of anilines is 2. The van der Waals surface area contributed by atoms with Crippen molar-refractivity contribution in [3.8, 4) is 5.75 Å². The number of hydrogen-bond acceptors (Lipinski definition) is 3. The van der Waals surface area contributed by atoms with Crippen molar-refractivity contribution in [3.63, 3.8) is 0 Å². The number of benzene rings is 3. The SMILES string of the molecule is C[C@]12Oc3ccc(Br)cc3[C@@H](NC(=S)N1c1cccc(Cl)c1)[C@@H]2C(=O)Nc1ccc(Cl)cc1. The van der Waals surface area contributed by atoms with E-state index < -0.39 is 17.7 Å². The molecular formula is C24H18BrCl2N3O2S. The third-order valence-electron chi connectivity index (χ3n) is 5.92. The lowest BCUT2D eigenvalue weighted by atomic mass is 9.78. The Morgan fingerprint density at radius 3 is 2.61 bits per heavy atom. The molecular weight excluding hydrogens is 545 g/mol. The molecule has 2 N–H and O–H groups in total. The Kier molecular flexibility index (Phi) is 5.77. The van der Waals surface area contributed by atoms with Gasteiger partial charge in [0.05, 0.1) is 6.04 Å². The summed E-state index contributed by atoms with van der Waals surface area (Å²) in [5, 5.41) is 7.99. The highest BCUT2D eigenvalue weighted by Gasteiger charge is 2.59. The molecule has 0 aromatic heterocycles. The van der Waals surface area contributed by atoms with E-state index in [1.165, 1.54) is 0 Å². The van der Waals surface area contributed by atoms with Gasteiger partial charge in [-0.2, -0.15) is 0 Å². The van der Waals surface area contributed by atoms with Crippen LogP contribution in [0.2, 0.25) is 10.0 Å². The highest BCUT2D eigenvalue weighted by atomic mass is 79.9. The van der Waals surface area contributed by atoms with Crippen molar-refractivity contribution in [2.24, 2.45) is 5.92 Å². The summed E-state index contributed by atoms with van der Waals surface area (Å²) in [6, 6.07) is 19.7. The third-order valence-corrected chi connectivity index (χ3v) is 7.20. The van der Waals surface area contributed by atoms with Gasteiger partial charge in [0.2, 0.25) is 5.91 Å². The first-order valence-corrected chi connectivity index (χ1v) is 12.1. The Labute approximate surface area is 215 Å². The Morgan fingerprint density at radius 1 is 1.12 bits per heavy atom. The van der Waals surface area contributed by atoms with Gasteiger partial charge in [-0.25, -0.2) is 0 Å². The molecule has 1 fully saturated rings. The summed E-state index contributed by atoms with van der Waals surface area (Å²) in [5.74, 6) is -0.179. The molecule has 2 bridgehead atoms. The topological polar surface area (TPSA) is 53.6 Å². The molecule has 5 rings (SSSR count). The van der Waals surface area contributed by atoms with Crippen LogP contribution in [0.5, 0.6) is 5.75 Å². The molecule has 0 aliphatic carbocycles. The van der Waals surface area contributed by atoms with Gasteiger partial charge in [0.15, 0.2) is 10.8 Å². The summed E-state index contributed by atoms with van der Waals surface area (Å²) in [5.41, 5.74) is 1.11. The fraction of sp³-hybridized carbons (Fsp3) is 0.167. The Balaban J connectivity index is 1.63. The van der Waals surface area contributed by atoms with Crippen LogP contribution < -0.4 is 20.3 Å². The number of amides is 1. The predicted molar refractivity (Wildman–Crippen MR) is 139 cm³/mol. The minimum absolute atomic E-state index is 0.211. The Hall–Kier alpha value is -2.32. The number of ether oxygens (including phenoxy) is 1. The number of nitrogens with zero attached hydrogens (tertiary/aromatic N) is 1. The minimum Gasteiger partial charge on any atom is -0.467 e. The van der Waals surface area contributed by atoms with Gasteiger partial charge in [-0.15, -0.1) is 0 Å². The van der Waals surface area contributed by atoms with Crippen molar-refractivity contribution >= 4 is 73.7 Å². The van der Waals surface area contributed by atoms with Crippen molar-refractivity contribution < 1.29 is 9.53 Å². The van der Waals surface area contributed by atoms with Crippen LogP contribution in [0.3, 0.4) is 0 Å². The number of rotatable bonds is 3. The van der Waals surface area contributed by atoms with Gasteiger partial charge < -0.3 is 15.4 Å². The van der Waals surface area contributed by atoms with E-state index in [4.69, 9.17) is 40.2 Å².